The Labute approximate surface area is 141 Å². The van der Waals surface area contributed by atoms with Crippen molar-refractivity contribution in [2.24, 2.45) is 0 Å². The summed E-state index contributed by atoms with van der Waals surface area (Å²) in [6.07, 6.45) is 3.50. The average molecular weight is 356 g/mol. The van der Waals surface area contributed by atoms with Gasteiger partial charge in [0.05, 0.1) is 17.3 Å². The van der Waals surface area contributed by atoms with Gasteiger partial charge in [0, 0.05) is 35.3 Å². The molecule has 0 unspecified atom stereocenters. The molecule has 22 heavy (non-hydrogen) atoms. The van der Waals surface area contributed by atoms with Crippen molar-refractivity contribution >= 4 is 17.3 Å². The van der Waals surface area contributed by atoms with Crippen molar-refractivity contribution in [1.82, 2.24) is 0 Å². The summed E-state index contributed by atoms with van der Waals surface area (Å²) in [5.74, 6) is -0.187. The minimum atomic E-state index is -0.125. The van der Waals surface area contributed by atoms with Crippen molar-refractivity contribution in [2.75, 3.05) is 0 Å². The predicted octanol–water partition coefficient (Wildman–Crippen LogP) is 3.11. The molecule has 0 aromatic rings. The molecule has 0 saturated heterocycles. The van der Waals surface area contributed by atoms with Crippen LogP contribution in [0.15, 0.2) is 35.5 Å². The Morgan fingerprint density at radius 1 is 0.545 bits per heavy atom. The van der Waals surface area contributed by atoms with Gasteiger partial charge >= 0.3 is 0 Å². The van der Waals surface area contributed by atoms with Gasteiger partial charge in [-0.25, -0.2) is 0 Å². The molecule has 0 fully saturated rings. The van der Waals surface area contributed by atoms with E-state index in [0.29, 0.717) is 0 Å². The summed E-state index contributed by atoms with van der Waals surface area (Å²) in [5.41, 5.74) is 0. The summed E-state index contributed by atoms with van der Waals surface area (Å²) < 4.78 is 0. The molecule has 128 valence electrons. The van der Waals surface area contributed by atoms with E-state index in [2.05, 4.69) is 0 Å². The zero-order valence-electron chi connectivity index (χ0n) is 13.7. The maximum atomic E-state index is 10.0. The second kappa shape index (κ2) is 17.2. The molecule has 0 rings (SSSR count). The Morgan fingerprint density at radius 3 is 0.682 bits per heavy atom. The number of hydrogen-bond donors (Lipinski definition) is 3. The number of ketones is 3. The standard InChI is InChI=1S/3C5H8O2.Fe/c3*1-4(6)3-5(2)7;/h3*3,6H,1-2H3;/b3*4-3+;. The Balaban J connectivity index is -0.000000108. The van der Waals surface area contributed by atoms with Crippen LogP contribution >= 0.6 is 0 Å². The molecular weight excluding hydrogens is 332 g/mol. The van der Waals surface area contributed by atoms with Gasteiger partial charge in [0.1, 0.15) is 0 Å². The molecule has 0 amide bonds. The maximum absolute atomic E-state index is 10.0. The molecule has 0 aromatic carbocycles. The van der Waals surface area contributed by atoms with Gasteiger partial charge in [-0.1, -0.05) is 0 Å². The fraction of sp³-hybridized carbons (Fsp3) is 0.400. The first-order valence-corrected chi connectivity index (χ1v) is 6.02. The molecule has 0 radical (unpaired) electrons. The van der Waals surface area contributed by atoms with Crippen LogP contribution in [0.5, 0.6) is 0 Å². The predicted molar refractivity (Wildman–Crippen MR) is 81.2 cm³/mol. The largest absolute Gasteiger partial charge is 0.512 e. The topological polar surface area (TPSA) is 112 Å². The zero-order valence-corrected chi connectivity index (χ0v) is 14.8. The van der Waals surface area contributed by atoms with Crippen LogP contribution in [0.4, 0.5) is 0 Å². The van der Waals surface area contributed by atoms with Gasteiger partial charge < -0.3 is 15.3 Å². The van der Waals surface area contributed by atoms with Crippen molar-refractivity contribution in [1.29, 1.82) is 0 Å². The van der Waals surface area contributed by atoms with Crippen LogP contribution in [-0.2, 0) is 31.5 Å². The van der Waals surface area contributed by atoms with Crippen LogP contribution in [-0.4, -0.2) is 32.7 Å². The summed E-state index contributed by atoms with van der Waals surface area (Å²) in [5, 5.41) is 25.1. The average Bonchev–Trinajstić information content (AvgIpc) is 2.10. The SMILES string of the molecule is CC(=O)/C=C(\C)O.CC(=O)/C=C(\C)O.CC(=O)/C=C(\C)O.[Fe]. The Hall–Kier alpha value is -1.85. The monoisotopic (exact) mass is 356 g/mol. The Kier molecular flexibility index (Phi) is 22.2. The summed E-state index contributed by atoms with van der Waals surface area (Å²) in [4.78, 5) is 30.1. The van der Waals surface area contributed by atoms with Gasteiger partial charge in [0.2, 0.25) is 0 Å². The van der Waals surface area contributed by atoms with Crippen LogP contribution in [0, 0.1) is 0 Å². The van der Waals surface area contributed by atoms with Crippen LogP contribution in [0.2, 0.25) is 0 Å². The van der Waals surface area contributed by atoms with Gasteiger partial charge in [-0.15, -0.1) is 0 Å². The van der Waals surface area contributed by atoms with E-state index >= 15 is 0 Å². The first kappa shape index (κ1) is 28.3. The van der Waals surface area contributed by atoms with Crippen molar-refractivity contribution in [3.05, 3.63) is 35.5 Å². The van der Waals surface area contributed by atoms with Crippen molar-refractivity contribution < 1.29 is 46.8 Å². The van der Waals surface area contributed by atoms with Crippen molar-refractivity contribution in [2.45, 2.75) is 41.5 Å². The first-order chi connectivity index (χ1) is 9.38. The molecule has 0 spiro atoms. The molecule has 0 atom stereocenters. The van der Waals surface area contributed by atoms with E-state index in [0.717, 1.165) is 0 Å². The number of carbonyl (C=O) groups is 3. The minimum absolute atomic E-state index is 0. The number of aliphatic hydroxyl groups is 3. The Morgan fingerprint density at radius 2 is 0.682 bits per heavy atom. The summed E-state index contributed by atoms with van der Waals surface area (Å²) in [6.45, 7) is 8.54. The first-order valence-electron chi connectivity index (χ1n) is 6.02. The van der Waals surface area contributed by atoms with Gasteiger partial charge in [-0.3, -0.25) is 14.4 Å². The smallest absolute Gasteiger partial charge is 0.155 e. The fourth-order valence-electron chi connectivity index (χ4n) is 0.882. The molecule has 3 N–H and O–H groups in total. The van der Waals surface area contributed by atoms with E-state index < -0.39 is 0 Å². The van der Waals surface area contributed by atoms with E-state index in [1.807, 2.05) is 0 Å². The van der Waals surface area contributed by atoms with Gasteiger partial charge in [-0.2, -0.15) is 0 Å². The second-order valence-electron chi connectivity index (χ2n) is 4.19. The summed E-state index contributed by atoms with van der Waals surface area (Å²) >= 11 is 0. The van der Waals surface area contributed by atoms with Gasteiger partial charge in [-0.05, 0) is 41.5 Å². The van der Waals surface area contributed by atoms with Crippen LogP contribution < -0.4 is 0 Å². The molecular formula is C15H24FeO6. The molecule has 7 heteroatoms. The van der Waals surface area contributed by atoms with Crippen LogP contribution in [0.25, 0.3) is 0 Å². The van der Waals surface area contributed by atoms with Crippen molar-refractivity contribution in [3.63, 3.8) is 0 Å². The summed E-state index contributed by atoms with van der Waals surface area (Å²) in [6, 6.07) is 0. The molecule has 0 aliphatic carbocycles. The molecule has 0 heterocycles. The van der Waals surface area contributed by atoms with Crippen LogP contribution in [0.3, 0.4) is 0 Å². The molecule has 0 bridgehead atoms. The molecule has 6 nitrogen and oxygen atoms in total. The van der Waals surface area contributed by atoms with Gasteiger partial charge in [0.15, 0.2) is 17.3 Å². The van der Waals surface area contributed by atoms with Crippen molar-refractivity contribution in [3.8, 4) is 0 Å². The molecule has 0 saturated carbocycles. The maximum Gasteiger partial charge on any atom is 0.155 e. The normalized spacial score (nSPS) is 10.9. The quantitative estimate of drug-likeness (QED) is 0.407. The van der Waals surface area contributed by atoms with E-state index in [9.17, 15) is 14.4 Å². The summed E-state index contributed by atoms with van der Waals surface area (Å²) in [7, 11) is 0. The second-order valence-corrected chi connectivity index (χ2v) is 4.19. The number of allylic oxidation sites excluding steroid dienone is 6. The number of hydrogen-bond acceptors (Lipinski definition) is 6. The Bertz CT molecular complexity index is 368. The van der Waals surface area contributed by atoms with E-state index in [1.165, 1.54) is 59.8 Å². The number of aliphatic hydroxyl groups excluding tert-OH is 3. The van der Waals surface area contributed by atoms with E-state index in [4.69, 9.17) is 15.3 Å². The molecule has 0 aliphatic rings. The van der Waals surface area contributed by atoms with E-state index in [-0.39, 0.29) is 51.7 Å². The van der Waals surface area contributed by atoms with Crippen LogP contribution in [0.1, 0.15) is 41.5 Å². The zero-order chi connectivity index (χ0) is 17.6. The molecule has 0 aliphatic heterocycles. The molecule has 0 aromatic heterocycles. The number of carbonyl (C=O) groups excluding carboxylic acids is 3. The van der Waals surface area contributed by atoms with Gasteiger partial charge in [0.25, 0.3) is 0 Å². The minimum Gasteiger partial charge on any atom is -0.512 e. The third-order valence-corrected chi connectivity index (χ3v) is 1.24. The third kappa shape index (κ3) is 51.8. The fourth-order valence-corrected chi connectivity index (χ4v) is 0.882. The van der Waals surface area contributed by atoms with E-state index in [1.54, 1.807) is 0 Å². The number of rotatable bonds is 3. The third-order valence-electron chi connectivity index (χ3n) is 1.24.